The smallest absolute Gasteiger partial charge is 0.338 e. The first-order valence-corrected chi connectivity index (χ1v) is 15.4. The van der Waals surface area contributed by atoms with E-state index in [9.17, 15) is 22.8 Å². The Bertz CT molecular complexity index is 1580. The minimum Gasteiger partial charge on any atom is -0.456 e. The normalized spacial score (nSPS) is 26.0. The molecule has 3 aromatic rings. The molecule has 2 saturated heterocycles. The molecule has 5 rings (SSSR count). The summed E-state index contributed by atoms with van der Waals surface area (Å²) >= 11 is 0. The fraction of sp³-hybridized carbons (Fsp3) is 0.344. The van der Waals surface area contributed by atoms with Gasteiger partial charge >= 0.3 is 17.9 Å². The van der Waals surface area contributed by atoms with Crippen LogP contribution in [0.1, 0.15) is 35.3 Å². The average molecular weight is 625 g/mol. The van der Waals surface area contributed by atoms with Crippen LogP contribution in [0.3, 0.4) is 0 Å². The van der Waals surface area contributed by atoms with Gasteiger partial charge in [-0.25, -0.2) is 4.79 Å². The Balaban J connectivity index is 1.56. The summed E-state index contributed by atoms with van der Waals surface area (Å²) in [5, 5.41) is 0. The van der Waals surface area contributed by atoms with Crippen molar-refractivity contribution in [2.45, 2.75) is 75.0 Å². The number of rotatable bonds is 10. The summed E-state index contributed by atoms with van der Waals surface area (Å²) in [5.74, 6) is -2.29. The van der Waals surface area contributed by atoms with Gasteiger partial charge in [-0.1, -0.05) is 66.2 Å². The summed E-state index contributed by atoms with van der Waals surface area (Å²) in [6.07, 6.45) is -9.17. The summed E-state index contributed by atoms with van der Waals surface area (Å²) in [6, 6.07) is 23.2. The number of hydrogen-bond acceptors (Lipinski definition) is 11. The zero-order chi connectivity index (χ0) is 31.4. The van der Waals surface area contributed by atoms with E-state index < -0.39 is 70.8 Å². The highest BCUT2D eigenvalue weighted by Crippen LogP contribution is 2.42. The van der Waals surface area contributed by atoms with Gasteiger partial charge in [-0.05, 0) is 36.8 Å². The second-order valence-electron chi connectivity index (χ2n) is 10.5. The highest BCUT2D eigenvalue weighted by molar-refractivity contribution is 7.86. The Hall–Kier alpha value is -4.10. The van der Waals surface area contributed by atoms with E-state index in [4.69, 9.17) is 27.9 Å². The maximum absolute atomic E-state index is 13.5. The number of carbonyl (C=O) groups excluding carboxylic acids is 3. The van der Waals surface area contributed by atoms with Gasteiger partial charge in [0.25, 0.3) is 10.1 Å². The number of benzene rings is 3. The number of ether oxygens (including phenoxy) is 5. The van der Waals surface area contributed by atoms with Gasteiger partial charge in [0.15, 0.2) is 18.3 Å². The van der Waals surface area contributed by atoms with Crippen LogP contribution in [0.4, 0.5) is 0 Å². The van der Waals surface area contributed by atoms with E-state index in [-0.39, 0.29) is 17.1 Å². The SMILES string of the molecule is CC(=O)O[C@H]1[C@@H](OC(=O)c2ccccc2)[C@H](OC(C)=O)[C@@H]2O[C@H]1[C@H](OCc1ccccc1)[C@H]2OS(=O)(=O)c1ccc(C)cc1. The van der Waals surface area contributed by atoms with Crippen molar-refractivity contribution >= 4 is 28.0 Å². The van der Waals surface area contributed by atoms with Crippen molar-refractivity contribution in [3.05, 3.63) is 102 Å². The van der Waals surface area contributed by atoms with Crippen molar-refractivity contribution in [1.82, 2.24) is 0 Å². The summed E-state index contributed by atoms with van der Waals surface area (Å²) < 4.78 is 62.3. The van der Waals surface area contributed by atoms with E-state index in [1.54, 1.807) is 30.3 Å². The Labute approximate surface area is 255 Å². The molecule has 0 unspecified atom stereocenters. The number of hydrogen-bond donors (Lipinski definition) is 0. The van der Waals surface area contributed by atoms with Crippen LogP contribution in [0.5, 0.6) is 0 Å². The summed E-state index contributed by atoms with van der Waals surface area (Å²) in [7, 11) is -4.41. The van der Waals surface area contributed by atoms with Crippen LogP contribution in [0.25, 0.3) is 0 Å². The Morgan fingerprint density at radius 3 is 1.80 bits per heavy atom. The third-order valence-corrected chi connectivity index (χ3v) is 8.60. The molecule has 44 heavy (non-hydrogen) atoms. The lowest BCUT2D eigenvalue weighted by atomic mass is 9.99. The van der Waals surface area contributed by atoms with Gasteiger partial charge in [-0.15, -0.1) is 0 Å². The molecule has 0 N–H and O–H groups in total. The molecule has 11 nitrogen and oxygen atoms in total. The summed E-state index contributed by atoms with van der Waals surface area (Å²) in [6.45, 7) is 4.13. The summed E-state index contributed by atoms with van der Waals surface area (Å²) in [4.78, 5) is 37.8. The Morgan fingerprint density at radius 2 is 1.23 bits per heavy atom. The molecule has 2 fully saturated rings. The lowest BCUT2D eigenvalue weighted by molar-refractivity contribution is -0.229. The van der Waals surface area contributed by atoms with Gasteiger partial charge in [-0.2, -0.15) is 8.42 Å². The lowest BCUT2D eigenvalue weighted by Gasteiger charge is -2.40. The number of esters is 3. The number of carbonyl (C=O) groups is 3. The molecule has 2 aliphatic rings. The van der Waals surface area contributed by atoms with Crippen molar-refractivity contribution in [1.29, 1.82) is 0 Å². The molecule has 12 heteroatoms. The first kappa shape index (κ1) is 31.3. The fourth-order valence-corrected chi connectivity index (χ4v) is 6.42. The molecule has 2 bridgehead atoms. The molecule has 7 atom stereocenters. The molecule has 3 aromatic carbocycles. The van der Waals surface area contributed by atoms with Gasteiger partial charge in [-0.3, -0.25) is 13.8 Å². The minimum atomic E-state index is -4.41. The van der Waals surface area contributed by atoms with Crippen molar-refractivity contribution in [2.24, 2.45) is 0 Å². The van der Waals surface area contributed by atoms with Crippen LogP contribution in [-0.4, -0.2) is 69.1 Å². The van der Waals surface area contributed by atoms with Crippen LogP contribution in [0.2, 0.25) is 0 Å². The topological polar surface area (TPSA) is 141 Å². The molecule has 232 valence electrons. The molecule has 0 saturated carbocycles. The number of aryl methyl sites for hydroxylation is 1. The quantitative estimate of drug-likeness (QED) is 0.186. The van der Waals surface area contributed by atoms with Gasteiger partial charge < -0.3 is 23.7 Å². The first-order valence-electron chi connectivity index (χ1n) is 13.9. The zero-order valence-electron chi connectivity index (χ0n) is 24.2. The van der Waals surface area contributed by atoms with E-state index in [2.05, 4.69) is 0 Å². The third kappa shape index (κ3) is 6.99. The molecule has 0 aromatic heterocycles. The second-order valence-corrected chi connectivity index (χ2v) is 12.1. The van der Waals surface area contributed by atoms with Crippen molar-refractivity contribution in [3.63, 3.8) is 0 Å². The lowest BCUT2D eigenvalue weighted by Crippen LogP contribution is -2.59. The maximum Gasteiger partial charge on any atom is 0.338 e. The van der Waals surface area contributed by atoms with E-state index in [0.29, 0.717) is 0 Å². The summed E-state index contributed by atoms with van der Waals surface area (Å²) in [5.41, 5.74) is 1.80. The van der Waals surface area contributed by atoms with Crippen molar-refractivity contribution < 1.29 is 50.7 Å². The average Bonchev–Trinajstić information content (AvgIpc) is 3.30. The van der Waals surface area contributed by atoms with Crippen LogP contribution >= 0.6 is 0 Å². The minimum absolute atomic E-state index is 0.0159. The van der Waals surface area contributed by atoms with E-state index in [0.717, 1.165) is 25.0 Å². The highest BCUT2D eigenvalue weighted by atomic mass is 32.2. The van der Waals surface area contributed by atoms with Crippen LogP contribution in [0, 0.1) is 6.92 Å². The molecular formula is C32H32O11S. The highest BCUT2D eigenvalue weighted by Gasteiger charge is 2.65. The molecular weight excluding hydrogens is 592 g/mol. The maximum atomic E-state index is 13.5. The van der Waals surface area contributed by atoms with Crippen molar-refractivity contribution in [3.8, 4) is 0 Å². The molecule has 0 spiro atoms. The predicted molar refractivity (Wildman–Crippen MR) is 154 cm³/mol. The third-order valence-electron chi connectivity index (χ3n) is 7.27. The molecule has 0 radical (unpaired) electrons. The van der Waals surface area contributed by atoms with Crippen LogP contribution in [0.15, 0.2) is 89.8 Å². The molecule has 2 aliphatic heterocycles. The Morgan fingerprint density at radius 1 is 0.682 bits per heavy atom. The molecule has 2 heterocycles. The predicted octanol–water partition coefficient (Wildman–Crippen LogP) is 3.52. The van der Waals surface area contributed by atoms with Crippen molar-refractivity contribution in [2.75, 3.05) is 0 Å². The monoisotopic (exact) mass is 624 g/mol. The van der Waals surface area contributed by atoms with E-state index >= 15 is 0 Å². The Kier molecular flexibility index (Phi) is 9.45. The van der Waals surface area contributed by atoms with Gasteiger partial charge in [0.05, 0.1) is 17.1 Å². The first-order chi connectivity index (χ1) is 21.0. The van der Waals surface area contributed by atoms with Crippen LogP contribution in [-0.2, 0) is 54.2 Å². The molecule has 0 aliphatic carbocycles. The van der Waals surface area contributed by atoms with E-state index in [1.807, 2.05) is 37.3 Å². The standard InChI is InChI=1S/C32H32O11S/c1-19-14-16-24(17-15-19)44(36,37)43-31-25(38-18-22-10-6-4-7-11-22)26-27(39-20(2)33)29(28(30(31)41-26)40-21(3)34)42-32(35)23-12-8-5-9-13-23/h4-17,25-31H,18H2,1-3H3/t25-,26-,27+,28-,29+,30-,31+/m0/s1. The number of fused-ring (bicyclic) bond motifs is 2. The van der Waals surface area contributed by atoms with E-state index in [1.165, 1.54) is 24.3 Å². The fourth-order valence-electron chi connectivity index (χ4n) is 5.32. The van der Waals surface area contributed by atoms with Gasteiger partial charge in [0, 0.05) is 13.8 Å². The van der Waals surface area contributed by atoms with Gasteiger partial charge in [0.2, 0.25) is 0 Å². The van der Waals surface area contributed by atoms with Gasteiger partial charge in [0.1, 0.15) is 24.4 Å². The molecule has 0 amide bonds. The van der Waals surface area contributed by atoms with Crippen LogP contribution < -0.4 is 0 Å². The zero-order valence-corrected chi connectivity index (χ0v) is 25.0. The second kappa shape index (κ2) is 13.3. The largest absolute Gasteiger partial charge is 0.456 e.